The largest absolute Gasteiger partial charge is 0.481 e. The van der Waals surface area contributed by atoms with Gasteiger partial charge in [-0.2, -0.15) is 0 Å². The third-order valence-electron chi connectivity index (χ3n) is 3.82. The summed E-state index contributed by atoms with van der Waals surface area (Å²) >= 11 is 0. The van der Waals surface area contributed by atoms with Gasteiger partial charge in [0.25, 0.3) is 0 Å². The quantitative estimate of drug-likeness (QED) is 0.552. The summed E-state index contributed by atoms with van der Waals surface area (Å²) in [6, 6.07) is -0.350. The summed E-state index contributed by atoms with van der Waals surface area (Å²) in [6.07, 6.45) is 4.14. The van der Waals surface area contributed by atoms with Gasteiger partial charge >= 0.3 is 12.0 Å². The van der Waals surface area contributed by atoms with Crippen LogP contribution in [0.3, 0.4) is 0 Å². The van der Waals surface area contributed by atoms with Gasteiger partial charge in [0.05, 0.1) is 25.2 Å². The molecule has 0 radical (unpaired) electrons. The van der Waals surface area contributed by atoms with Crippen LogP contribution in [-0.4, -0.2) is 57.1 Å². The number of carboxylic acid groups (broad SMARTS) is 1. The maximum atomic E-state index is 11.6. The van der Waals surface area contributed by atoms with Crippen LogP contribution in [0.25, 0.3) is 0 Å². The second kappa shape index (κ2) is 9.57. The molecule has 0 saturated heterocycles. The van der Waals surface area contributed by atoms with Crippen molar-refractivity contribution in [2.45, 2.75) is 32.1 Å². The molecule has 0 aliphatic heterocycles. The van der Waals surface area contributed by atoms with Crippen LogP contribution in [0, 0.1) is 5.41 Å². The first kappa shape index (κ1) is 17.7. The molecule has 0 aromatic heterocycles. The fourth-order valence-corrected chi connectivity index (χ4v) is 2.49. The monoisotopic (exact) mass is 302 g/mol. The predicted molar refractivity (Wildman–Crippen MR) is 77.3 cm³/mol. The van der Waals surface area contributed by atoms with Gasteiger partial charge in [-0.1, -0.05) is 19.3 Å². The van der Waals surface area contributed by atoms with Crippen LogP contribution >= 0.6 is 0 Å². The van der Waals surface area contributed by atoms with Crippen molar-refractivity contribution in [2.75, 3.05) is 40.0 Å². The van der Waals surface area contributed by atoms with Crippen LogP contribution in [0.15, 0.2) is 0 Å². The second-order valence-electron chi connectivity index (χ2n) is 5.36. The molecule has 1 saturated carbocycles. The Balaban J connectivity index is 2.20. The Labute approximate surface area is 125 Å². The number of carbonyl (C=O) groups is 2. The minimum atomic E-state index is -0.814. The Morgan fingerprint density at radius 1 is 1.10 bits per heavy atom. The molecule has 7 heteroatoms. The highest BCUT2D eigenvalue weighted by atomic mass is 16.5. The fraction of sp³-hybridized carbons (Fsp3) is 0.857. The highest BCUT2D eigenvalue weighted by Gasteiger charge is 2.39. The zero-order valence-corrected chi connectivity index (χ0v) is 12.7. The maximum absolute atomic E-state index is 11.6. The molecule has 0 atom stereocenters. The van der Waals surface area contributed by atoms with E-state index in [9.17, 15) is 14.7 Å². The van der Waals surface area contributed by atoms with Crippen molar-refractivity contribution in [3.63, 3.8) is 0 Å². The number of methoxy groups -OCH3 is 1. The Bertz CT molecular complexity index is 329. The third kappa shape index (κ3) is 6.31. The Kier molecular flexibility index (Phi) is 8.07. The summed E-state index contributed by atoms with van der Waals surface area (Å²) in [6.45, 7) is 1.98. The van der Waals surface area contributed by atoms with Crippen LogP contribution in [0.5, 0.6) is 0 Å². The molecule has 2 amide bonds. The van der Waals surface area contributed by atoms with E-state index in [1.165, 1.54) is 0 Å². The molecule has 0 spiro atoms. The summed E-state index contributed by atoms with van der Waals surface area (Å²) in [7, 11) is 1.60. The number of urea groups is 1. The molecule has 0 unspecified atom stereocenters. The third-order valence-corrected chi connectivity index (χ3v) is 3.82. The number of nitrogens with one attached hydrogen (secondary N) is 2. The van der Waals surface area contributed by atoms with Crippen LogP contribution in [0.4, 0.5) is 4.79 Å². The molecule has 122 valence electrons. The lowest BCUT2D eigenvalue weighted by atomic mass is 9.74. The van der Waals surface area contributed by atoms with E-state index in [2.05, 4.69) is 10.6 Å². The first-order valence-corrected chi connectivity index (χ1v) is 7.42. The first-order chi connectivity index (χ1) is 10.1. The molecule has 1 aliphatic rings. The van der Waals surface area contributed by atoms with E-state index >= 15 is 0 Å². The van der Waals surface area contributed by atoms with E-state index in [0.29, 0.717) is 39.2 Å². The summed E-state index contributed by atoms with van der Waals surface area (Å²) in [4.78, 5) is 23.1. The number of aliphatic carboxylic acids is 1. The standard InChI is InChI=1S/C14H26N2O5/c1-20-9-10-21-8-7-15-13(19)16-11-14(12(17)18)5-3-2-4-6-14/h2-11H2,1H3,(H,17,18)(H2,15,16,19). The molecule has 1 rings (SSSR count). The summed E-state index contributed by atoms with van der Waals surface area (Å²) in [5.74, 6) is -0.814. The SMILES string of the molecule is COCCOCCNC(=O)NCC1(C(=O)O)CCCCC1. The predicted octanol–water partition coefficient (Wildman–Crippen LogP) is 0.984. The highest BCUT2D eigenvalue weighted by Crippen LogP contribution is 2.35. The van der Waals surface area contributed by atoms with Crippen LogP contribution in [-0.2, 0) is 14.3 Å². The van der Waals surface area contributed by atoms with E-state index in [4.69, 9.17) is 9.47 Å². The Morgan fingerprint density at radius 2 is 1.81 bits per heavy atom. The Hall–Kier alpha value is -1.34. The second-order valence-corrected chi connectivity index (χ2v) is 5.36. The fourth-order valence-electron chi connectivity index (χ4n) is 2.49. The lowest BCUT2D eigenvalue weighted by Gasteiger charge is -2.33. The van der Waals surface area contributed by atoms with Gasteiger partial charge in [0.15, 0.2) is 0 Å². The molecule has 0 aromatic rings. The van der Waals surface area contributed by atoms with E-state index < -0.39 is 11.4 Å². The minimum Gasteiger partial charge on any atom is -0.481 e. The van der Waals surface area contributed by atoms with Crippen LogP contribution in [0.1, 0.15) is 32.1 Å². The van der Waals surface area contributed by atoms with Crippen LogP contribution in [0.2, 0.25) is 0 Å². The smallest absolute Gasteiger partial charge is 0.314 e. The van der Waals surface area contributed by atoms with Crippen molar-refractivity contribution in [1.82, 2.24) is 10.6 Å². The molecular weight excluding hydrogens is 276 g/mol. The molecular formula is C14H26N2O5. The average molecular weight is 302 g/mol. The Morgan fingerprint density at radius 3 is 2.43 bits per heavy atom. The minimum absolute atomic E-state index is 0.179. The van der Waals surface area contributed by atoms with Crippen molar-refractivity contribution in [1.29, 1.82) is 0 Å². The van der Waals surface area contributed by atoms with Gasteiger partial charge in [0, 0.05) is 20.2 Å². The van der Waals surface area contributed by atoms with Gasteiger partial charge < -0.3 is 25.2 Å². The highest BCUT2D eigenvalue weighted by molar-refractivity contribution is 5.78. The topological polar surface area (TPSA) is 96.9 Å². The maximum Gasteiger partial charge on any atom is 0.314 e. The van der Waals surface area contributed by atoms with Crippen molar-refractivity contribution >= 4 is 12.0 Å². The first-order valence-electron chi connectivity index (χ1n) is 7.42. The normalized spacial score (nSPS) is 17.2. The summed E-state index contributed by atoms with van der Waals surface area (Å²) < 4.78 is 10.0. The molecule has 0 heterocycles. The summed E-state index contributed by atoms with van der Waals surface area (Å²) in [5, 5.41) is 14.7. The van der Waals surface area contributed by atoms with E-state index in [0.717, 1.165) is 19.3 Å². The van der Waals surface area contributed by atoms with Crippen molar-refractivity contribution < 1.29 is 24.2 Å². The van der Waals surface area contributed by atoms with Crippen molar-refractivity contribution in [2.24, 2.45) is 5.41 Å². The molecule has 1 aliphatic carbocycles. The molecule has 0 bridgehead atoms. The summed E-state index contributed by atoms with van der Waals surface area (Å²) in [5.41, 5.74) is -0.801. The van der Waals surface area contributed by atoms with E-state index in [1.54, 1.807) is 7.11 Å². The van der Waals surface area contributed by atoms with Gasteiger partial charge in [-0.05, 0) is 12.8 Å². The number of carbonyl (C=O) groups excluding carboxylic acids is 1. The lowest BCUT2D eigenvalue weighted by Crippen LogP contribution is -2.47. The molecule has 7 nitrogen and oxygen atoms in total. The lowest BCUT2D eigenvalue weighted by molar-refractivity contribution is -0.150. The number of amides is 2. The zero-order valence-electron chi connectivity index (χ0n) is 12.7. The molecule has 3 N–H and O–H groups in total. The number of ether oxygens (including phenoxy) is 2. The molecule has 21 heavy (non-hydrogen) atoms. The number of rotatable bonds is 9. The van der Waals surface area contributed by atoms with Gasteiger partial charge in [-0.25, -0.2) is 4.79 Å². The van der Waals surface area contributed by atoms with Gasteiger partial charge in [-0.3, -0.25) is 4.79 Å². The van der Waals surface area contributed by atoms with Crippen LogP contribution < -0.4 is 10.6 Å². The number of hydrogen-bond acceptors (Lipinski definition) is 4. The van der Waals surface area contributed by atoms with Gasteiger partial charge in [0.2, 0.25) is 0 Å². The zero-order chi connectivity index (χ0) is 15.6. The van der Waals surface area contributed by atoms with Gasteiger partial charge in [-0.15, -0.1) is 0 Å². The average Bonchev–Trinajstić information content (AvgIpc) is 2.49. The van der Waals surface area contributed by atoms with E-state index in [1.807, 2.05) is 0 Å². The number of hydrogen-bond donors (Lipinski definition) is 3. The van der Waals surface area contributed by atoms with E-state index in [-0.39, 0.29) is 12.6 Å². The number of carboxylic acids is 1. The van der Waals surface area contributed by atoms with Crippen molar-refractivity contribution in [3.05, 3.63) is 0 Å². The van der Waals surface area contributed by atoms with Gasteiger partial charge in [0.1, 0.15) is 0 Å². The molecule has 0 aromatic carbocycles. The van der Waals surface area contributed by atoms with Crippen molar-refractivity contribution in [3.8, 4) is 0 Å². The molecule has 1 fully saturated rings.